The standard InChI is InChI=1S/C21H19NO5S2/c1-26-16-9-8-14(11-17(16)27-2)12-18-19(23)22(21(28)29-18)15(20(24)25)10-13-6-4-3-5-7-13/h3-9,11-12,15H,10H2,1-2H3,(H,24,25)/b18-12-/t15-/m1/s1. The normalized spacial score (nSPS) is 16.2. The van der Waals surface area contributed by atoms with E-state index < -0.39 is 17.9 Å². The first-order chi connectivity index (χ1) is 13.9. The van der Waals surface area contributed by atoms with Crippen molar-refractivity contribution in [3.05, 3.63) is 64.6 Å². The first-order valence-corrected chi connectivity index (χ1v) is 9.93. The first-order valence-electron chi connectivity index (χ1n) is 8.70. The zero-order valence-corrected chi connectivity index (χ0v) is 17.5. The molecule has 0 aliphatic carbocycles. The third-order valence-corrected chi connectivity index (χ3v) is 5.73. The van der Waals surface area contributed by atoms with E-state index in [9.17, 15) is 14.7 Å². The number of methoxy groups -OCH3 is 2. The Balaban J connectivity index is 1.88. The molecule has 0 aromatic heterocycles. The number of nitrogens with zero attached hydrogens (tertiary/aromatic N) is 1. The molecule has 29 heavy (non-hydrogen) atoms. The summed E-state index contributed by atoms with van der Waals surface area (Å²) in [5, 5.41) is 9.72. The van der Waals surface area contributed by atoms with E-state index in [0.29, 0.717) is 16.4 Å². The monoisotopic (exact) mass is 429 g/mol. The Kier molecular flexibility index (Phi) is 6.56. The molecule has 3 rings (SSSR count). The van der Waals surface area contributed by atoms with E-state index in [1.807, 2.05) is 30.3 Å². The number of benzene rings is 2. The topological polar surface area (TPSA) is 76.1 Å². The van der Waals surface area contributed by atoms with Crippen molar-refractivity contribution >= 4 is 46.3 Å². The number of rotatable bonds is 7. The van der Waals surface area contributed by atoms with Gasteiger partial charge in [-0.05, 0) is 29.3 Å². The zero-order chi connectivity index (χ0) is 21.0. The Hall–Kier alpha value is -2.84. The van der Waals surface area contributed by atoms with Crippen LogP contribution in [0, 0.1) is 0 Å². The molecule has 2 aromatic rings. The lowest BCUT2D eigenvalue weighted by Gasteiger charge is -2.23. The second-order valence-corrected chi connectivity index (χ2v) is 7.89. The van der Waals surface area contributed by atoms with Crippen molar-refractivity contribution in [1.82, 2.24) is 4.90 Å². The van der Waals surface area contributed by atoms with E-state index >= 15 is 0 Å². The van der Waals surface area contributed by atoms with Crippen LogP contribution in [0.1, 0.15) is 11.1 Å². The minimum atomic E-state index is -1.10. The van der Waals surface area contributed by atoms with Gasteiger partial charge < -0.3 is 14.6 Å². The average molecular weight is 430 g/mol. The molecular formula is C21H19NO5S2. The van der Waals surface area contributed by atoms with Crippen LogP contribution in [0.3, 0.4) is 0 Å². The van der Waals surface area contributed by atoms with Crippen LogP contribution in [-0.2, 0) is 16.0 Å². The van der Waals surface area contributed by atoms with E-state index in [4.69, 9.17) is 21.7 Å². The quantitative estimate of drug-likeness (QED) is 0.532. The van der Waals surface area contributed by atoms with Gasteiger partial charge in [0.1, 0.15) is 10.4 Å². The number of carboxylic acid groups (broad SMARTS) is 1. The van der Waals surface area contributed by atoms with Crippen LogP contribution in [0.2, 0.25) is 0 Å². The summed E-state index contributed by atoms with van der Waals surface area (Å²) in [6.45, 7) is 0. The van der Waals surface area contributed by atoms with Gasteiger partial charge in [0, 0.05) is 6.42 Å². The lowest BCUT2D eigenvalue weighted by Crippen LogP contribution is -2.45. The van der Waals surface area contributed by atoms with Crippen molar-refractivity contribution in [3.8, 4) is 11.5 Å². The number of thiocarbonyl (C=S) groups is 1. The summed E-state index contributed by atoms with van der Waals surface area (Å²) in [5.41, 5.74) is 1.54. The molecule has 6 nitrogen and oxygen atoms in total. The lowest BCUT2D eigenvalue weighted by atomic mass is 10.0. The molecule has 0 saturated carbocycles. The molecule has 1 heterocycles. The summed E-state index contributed by atoms with van der Waals surface area (Å²) in [7, 11) is 3.07. The van der Waals surface area contributed by atoms with Crippen LogP contribution in [0.5, 0.6) is 11.5 Å². The van der Waals surface area contributed by atoms with Crippen molar-refractivity contribution in [1.29, 1.82) is 0 Å². The second-order valence-electron chi connectivity index (χ2n) is 6.21. The van der Waals surface area contributed by atoms with Gasteiger partial charge in [0.25, 0.3) is 5.91 Å². The number of hydrogen-bond donors (Lipinski definition) is 1. The van der Waals surface area contributed by atoms with Gasteiger partial charge in [-0.2, -0.15) is 0 Å². The van der Waals surface area contributed by atoms with Gasteiger partial charge in [-0.1, -0.05) is 60.4 Å². The van der Waals surface area contributed by atoms with Gasteiger partial charge in [0.15, 0.2) is 11.5 Å². The van der Waals surface area contributed by atoms with E-state index in [-0.39, 0.29) is 10.7 Å². The number of ether oxygens (including phenoxy) is 2. The Bertz CT molecular complexity index is 974. The highest BCUT2D eigenvalue weighted by atomic mass is 32.2. The van der Waals surface area contributed by atoms with Crippen molar-refractivity contribution < 1.29 is 24.2 Å². The molecule has 1 atom stereocenters. The number of carboxylic acids is 1. The highest BCUT2D eigenvalue weighted by Crippen LogP contribution is 2.36. The van der Waals surface area contributed by atoms with Crippen molar-refractivity contribution in [3.63, 3.8) is 0 Å². The predicted molar refractivity (Wildman–Crippen MR) is 116 cm³/mol. The molecule has 1 fully saturated rings. The molecular weight excluding hydrogens is 410 g/mol. The predicted octanol–water partition coefficient (Wildman–Crippen LogP) is 3.60. The molecule has 0 radical (unpaired) electrons. The van der Waals surface area contributed by atoms with Crippen LogP contribution in [0.15, 0.2) is 53.4 Å². The first kappa shape index (κ1) is 20.9. The maximum absolute atomic E-state index is 13.0. The Morgan fingerprint density at radius 3 is 2.48 bits per heavy atom. The van der Waals surface area contributed by atoms with Crippen LogP contribution < -0.4 is 9.47 Å². The minimum absolute atomic E-state index is 0.173. The van der Waals surface area contributed by atoms with Crippen LogP contribution in [0.25, 0.3) is 6.08 Å². The molecule has 1 aliphatic heterocycles. The van der Waals surface area contributed by atoms with Crippen molar-refractivity contribution in [2.45, 2.75) is 12.5 Å². The van der Waals surface area contributed by atoms with E-state index in [1.54, 1.807) is 31.4 Å². The molecule has 1 aliphatic rings. The largest absolute Gasteiger partial charge is 0.493 e. The number of thioether (sulfide) groups is 1. The maximum Gasteiger partial charge on any atom is 0.327 e. The van der Waals surface area contributed by atoms with Crippen molar-refractivity contribution in [2.24, 2.45) is 0 Å². The molecule has 1 N–H and O–H groups in total. The number of aliphatic carboxylic acids is 1. The molecule has 1 amide bonds. The SMILES string of the molecule is COc1ccc(/C=C2\SC(=S)N([C@H](Cc3ccccc3)C(=O)O)C2=O)cc1OC. The van der Waals surface area contributed by atoms with Crippen LogP contribution in [-0.4, -0.2) is 46.5 Å². The van der Waals surface area contributed by atoms with Gasteiger partial charge >= 0.3 is 5.97 Å². The molecule has 8 heteroatoms. The van der Waals surface area contributed by atoms with Gasteiger partial charge in [-0.25, -0.2) is 4.79 Å². The summed E-state index contributed by atoms with van der Waals surface area (Å²) in [4.78, 5) is 26.4. The van der Waals surface area contributed by atoms with Crippen LogP contribution >= 0.6 is 24.0 Å². The van der Waals surface area contributed by atoms with Crippen LogP contribution in [0.4, 0.5) is 0 Å². The molecule has 150 valence electrons. The Morgan fingerprint density at radius 1 is 1.17 bits per heavy atom. The minimum Gasteiger partial charge on any atom is -0.493 e. The molecule has 0 unspecified atom stereocenters. The second kappa shape index (κ2) is 9.11. The van der Waals surface area contributed by atoms with Gasteiger partial charge in [0.2, 0.25) is 0 Å². The van der Waals surface area contributed by atoms with Gasteiger partial charge in [0.05, 0.1) is 19.1 Å². The summed E-state index contributed by atoms with van der Waals surface area (Å²) in [6, 6.07) is 13.4. The van der Waals surface area contributed by atoms with Gasteiger partial charge in [-0.3, -0.25) is 9.69 Å². The Morgan fingerprint density at radius 2 is 1.86 bits per heavy atom. The highest BCUT2D eigenvalue weighted by molar-refractivity contribution is 8.26. The third kappa shape index (κ3) is 4.60. The third-order valence-electron chi connectivity index (χ3n) is 4.40. The van der Waals surface area contributed by atoms with E-state index in [0.717, 1.165) is 22.9 Å². The summed E-state index contributed by atoms with van der Waals surface area (Å²) < 4.78 is 10.7. The van der Waals surface area contributed by atoms with Gasteiger partial charge in [-0.15, -0.1) is 0 Å². The fourth-order valence-corrected chi connectivity index (χ4v) is 4.33. The molecule has 1 saturated heterocycles. The number of carbonyl (C=O) groups is 2. The molecule has 0 spiro atoms. The average Bonchev–Trinajstić information content (AvgIpc) is 2.99. The fourth-order valence-electron chi connectivity index (χ4n) is 2.97. The van der Waals surface area contributed by atoms with E-state index in [2.05, 4.69) is 0 Å². The Labute approximate surface area is 178 Å². The van der Waals surface area contributed by atoms with E-state index in [1.165, 1.54) is 12.0 Å². The molecule has 0 bridgehead atoms. The summed E-state index contributed by atoms with van der Waals surface area (Å²) in [6.07, 6.45) is 1.84. The number of carbonyl (C=O) groups excluding carboxylic acids is 1. The number of hydrogen-bond acceptors (Lipinski definition) is 6. The zero-order valence-electron chi connectivity index (χ0n) is 15.8. The summed E-state index contributed by atoms with van der Waals surface area (Å²) >= 11 is 6.42. The molecule has 2 aromatic carbocycles. The maximum atomic E-state index is 13.0. The van der Waals surface area contributed by atoms with Crippen molar-refractivity contribution in [2.75, 3.05) is 14.2 Å². The lowest BCUT2D eigenvalue weighted by molar-refractivity contribution is -0.145. The smallest absolute Gasteiger partial charge is 0.327 e. The fraction of sp³-hybridized carbons (Fsp3) is 0.190. The number of amides is 1. The highest BCUT2D eigenvalue weighted by Gasteiger charge is 2.40. The summed E-state index contributed by atoms with van der Waals surface area (Å²) in [5.74, 6) is -0.411.